The number of aliphatic hydroxyl groups is 1. The Morgan fingerprint density at radius 3 is 2.58 bits per heavy atom. The van der Waals surface area contributed by atoms with Crippen LogP contribution in [0.2, 0.25) is 5.02 Å². The first kappa shape index (κ1) is 32.3. The van der Waals surface area contributed by atoms with Crippen molar-refractivity contribution in [1.82, 2.24) is 20.2 Å². The molecule has 3 atom stereocenters. The highest BCUT2D eigenvalue weighted by Gasteiger charge is 2.47. The maximum Gasteiger partial charge on any atom is 0.418 e. The molecule has 0 radical (unpaired) electrons. The summed E-state index contributed by atoms with van der Waals surface area (Å²) in [4.78, 5) is 40.8. The van der Waals surface area contributed by atoms with Crippen molar-refractivity contribution in [1.29, 1.82) is 0 Å². The lowest BCUT2D eigenvalue weighted by Crippen LogP contribution is -2.58. The molecular formula is C31H34ClF3N6O4. The van der Waals surface area contributed by atoms with E-state index in [0.717, 1.165) is 11.0 Å². The van der Waals surface area contributed by atoms with Gasteiger partial charge in [-0.1, -0.05) is 18.5 Å². The van der Waals surface area contributed by atoms with Crippen LogP contribution in [0.4, 0.5) is 29.3 Å². The van der Waals surface area contributed by atoms with Crippen molar-refractivity contribution in [3.8, 4) is 17.1 Å². The predicted octanol–water partition coefficient (Wildman–Crippen LogP) is 5.23. The van der Waals surface area contributed by atoms with E-state index >= 15 is 0 Å². The van der Waals surface area contributed by atoms with Gasteiger partial charge < -0.3 is 25.0 Å². The van der Waals surface area contributed by atoms with Gasteiger partial charge in [-0.15, -0.1) is 0 Å². The van der Waals surface area contributed by atoms with Crippen LogP contribution in [0.1, 0.15) is 43.2 Å². The lowest BCUT2D eigenvalue weighted by Gasteiger charge is -2.44. The molecular weight excluding hydrogens is 613 g/mol. The van der Waals surface area contributed by atoms with Gasteiger partial charge in [0.1, 0.15) is 0 Å². The Morgan fingerprint density at radius 1 is 1.13 bits per heavy atom. The maximum absolute atomic E-state index is 13.9. The first-order valence-corrected chi connectivity index (χ1v) is 15.1. The normalized spacial score (nSPS) is 19.0. The van der Waals surface area contributed by atoms with Crippen molar-refractivity contribution in [3.63, 3.8) is 0 Å². The average molecular weight is 647 g/mol. The highest BCUT2D eigenvalue weighted by Crippen LogP contribution is 2.41. The fourth-order valence-corrected chi connectivity index (χ4v) is 5.93. The van der Waals surface area contributed by atoms with E-state index in [9.17, 15) is 27.9 Å². The number of pyridine rings is 2. The summed E-state index contributed by atoms with van der Waals surface area (Å²) < 4.78 is 47.5. The number of anilines is 2. The molecule has 4 heterocycles. The van der Waals surface area contributed by atoms with Crippen LogP contribution in [-0.2, 0) is 6.18 Å². The van der Waals surface area contributed by atoms with Gasteiger partial charge in [0.15, 0.2) is 5.69 Å². The van der Waals surface area contributed by atoms with Gasteiger partial charge in [-0.25, -0.2) is 14.8 Å². The van der Waals surface area contributed by atoms with Crippen molar-refractivity contribution in [3.05, 3.63) is 64.9 Å². The summed E-state index contributed by atoms with van der Waals surface area (Å²) >= 11 is 5.88. The monoisotopic (exact) mass is 646 g/mol. The summed E-state index contributed by atoms with van der Waals surface area (Å²) in [5.74, 6) is -0.146. The number of hydrogen-bond donors (Lipinski definition) is 2. The topological polar surface area (TPSA) is 111 Å². The minimum absolute atomic E-state index is 0.000963. The molecule has 240 valence electrons. The van der Waals surface area contributed by atoms with Gasteiger partial charge in [0.25, 0.3) is 5.91 Å². The van der Waals surface area contributed by atoms with E-state index in [4.69, 9.17) is 21.3 Å². The maximum atomic E-state index is 13.9. The molecule has 2 fully saturated rings. The number of benzene rings is 1. The van der Waals surface area contributed by atoms with Gasteiger partial charge in [0.2, 0.25) is 5.88 Å². The van der Waals surface area contributed by atoms with Crippen LogP contribution in [0, 0.1) is 0 Å². The highest BCUT2D eigenvalue weighted by atomic mass is 35.5. The van der Waals surface area contributed by atoms with Gasteiger partial charge in [0.05, 0.1) is 46.9 Å². The summed E-state index contributed by atoms with van der Waals surface area (Å²) in [6.07, 6.45) is -3.32. The molecule has 3 amide bonds. The van der Waals surface area contributed by atoms with Gasteiger partial charge in [-0.3, -0.25) is 9.69 Å². The number of halogens is 4. The first-order chi connectivity index (χ1) is 21.4. The van der Waals surface area contributed by atoms with E-state index in [1.807, 2.05) is 18.7 Å². The van der Waals surface area contributed by atoms with E-state index in [-0.39, 0.29) is 48.6 Å². The summed E-state index contributed by atoms with van der Waals surface area (Å²) in [5.41, 5.74) is 0.414. The number of aliphatic hydroxyl groups excluding tert-OH is 1. The fraction of sp³-hybridized carbons (Fsp3) is 0.419. The third-order valence-corrected chi connectivity index (χ3v) is 8.11. The van der Waals surface area contributed by atoms with Crippen LogP contribution in [0.5, 0.6) is 5.88 Å². The van der Waals surface area contributed by atoms with Crippen LogP contribution in [0.25, 0.3) is 11.3 Å². The molecule has 2 aromatic heterocycles. The van der Waals surface area contributed by atoms with Crippen molar-refractivity contribution in [2.75, 3.05) is 42.6 Å². The summed E-state index contributed by atoms with van der Waals surface area (Å²) in [5, 5.41) is 12.5. The Balaban J connectivity index is 1.52. The number of piperazine rings is 1. The van der Waals surface area contributed by atoms with E-state index in [1.165, 1.54) is 12.1 Å². The van der Waals surface area contributed by atoms with Crippen LogP contribution >= 0.6 is 11.6 Å². The molecule has 14 heteroatoms. The largest absolute Gasteiger partial charge is 0.477 e. The van der Waals surface area contributed by atoms with E-state index in [1.54, 1.807) is 42.3 Å². The van der Waals surface area contributed by atoms with Crippen molar-refractivity contribution >= 4 is 34.9 Å². The molecule has 5 rings (SSSR count). The van der Waals surface area contributed by atoms with Crippen LogP contribution in [-0.4, -0.2) is 82.9 Å². The average Bonchev–Trinajstić information content (AvgIpc) is 3.33. The van der Waals surface area contributed by atoms with Crippen LogP contribution in [0.3, 0.4) is 0 Å². The SMILES string of the molecule is CCOc1ncccc1-c1ccc(N2C[C@H]3CN(c4ccc(Cl)cc4C(F)(F)F)C(=O)N3C[C@H]2CC)c(C(=O)NC[C@H](C)O)n1. The Morgan fingerprint density at radius 2 is 1.89 bits per heavy atom. The van der Waals surface area contributed by atoms with Gasteiger partial charge in [-0.05, 0) is 62.7 Å². The minimum atomic E-state index is -4.71. The Hall–Kier alpha value is -4.10. The number of ether oxygens (including phenoxy) is 1. The quantitative estimate of drug-likeness (QED) is 0.327. The second kappa shape index (κ2) is 13.1. The second-order valence-electron chi connectivity index (χ2n) is 11.0. The molecule has 0 spiro atoms. The summed E-state index contributed by atoms with van der Waals surface area (Å²) in [6, 6.07) is 9.20. The number of aromatic nitrogens is 2. The molecule has 2 N–H and O–H groups in total. The van der Waals surface area contributed by atoms with Crippen molar-refractivity contribution in [2.24, 2.45) is 0 Å². The number of fused-ring (bicyclic) bond motifs is 1. The number of hydrogen-bond acceptors (Lipinski definition) is 7. The van der Waals surface area contributed by atoms with E-state index in [0.29, 0.717) is 35.9 Å². The molecule has 0 bridgehead atoms. The zero-order chi connectivity index (χ0) is 32.5. The lowest BCUT2D eigenvalue weighted by molar-refractivity contribution is -0.137. The summed E-state index contributed by atoms with van der Waals surface area (Å²) in [6.45, 7) is 6.21. The molecule has 45 heavy (non-hydrogen) atoms. The number of urea groups is 1. The molecule has 3 aromatic rings. The number of alkyl halides is 3. The molecule has 2 saturated heterocycles. The van der Waals surface area contributed by atoms with Gasteiger partial charge in [-0.2, -0.15) is 13.2 Å². The number of nitrogens with one attached hydrogen (secondary N) is 1. The predicted molar refractivity (Wildman–Crippen MR) is 164 cm³/mol. The third-order valence-electron chi connectivity index (χ3n) is 7.88. The number of rotatable bonds is 9. The Labute approximate surface area is 263 Å². The first-order valence-electron chi connectivity index (χ1n) is 14.7. The van der Waals surface area contributed by atoms with Gasteiger partial charge in [0, 0.05) is 43.4 Å². The van der Waals surface area contributed by atoms with Crippen LogP contribution < -0.4 is 19.9 Å². The molecule has 0 saturated carbocycles. The molecule has 0 unspecified atom stereocenters. The van der Waals surface area contributed by atoms with Crippen molar-refractivity contribution in [2.45, 2.75) is 51.6 Å². The number of carbonyl (C=O) groups is 2. The highest BCUT2D eigenvalue weighted by molar-refractivity contribution is 6.30. The molecule has 2 aliphatic heterocycles. The molecule has 1 aromatic carbocycles. The number of amides is 3. The fourth-order valence-electron chi connectivity index (χ4n) is 5.76. The zero-order valence-corrected chi connectivity index (χ0v) is 25.8. The van der Waals surface area contributed by atoms with E-state index in [2.05, 4.69) is 10.3 Å². The third kappa shape index (κ3) is 6.64. The lowest BCUT2D eigenvalue weighted by atomic mass is 10.0. The second-order valence-corrected chi connectivity index (χ2v) is 11.4. The Kier molecular flexibility index (Phi) is 9.40. The van der Waals surface area contributed by atoms with Gasteiger partial charge >= 0.3 is 12.2 Å². The Bertz CT molecular complexity index is 1570. The zero-order valence-electron chi connectivity index (χ0n) is 25.0. The standard InChI is InChI=1S/C31H34ClF3N6O4/c1-4-20-15-40-21(17-41(30(40)44)25-10-8-19(32)13-23(25)31(33,34)35)16-39(20)26-11-9-24(22-7-6-12-36-29(22)45-5-2)38-27(26)28(43)37-14-18(3)42/h6-13,18,20-21,42H,4-5,14-17H2,1-3H3,(H,37,43)/t18-,20+,21-/m0/s1. The minimum Gasteiger partial charge on any atom is -0.477 e. The number of carbonyl (C=O) groups excluding carboxylic acids is 2. The van der Waals surface area contributed by atoms with Crippen molar-refractivity contribution < 1.29 is 32.6 Å². The summed E-state index contributed by atoms with van der Waals surface area (Å²) in [7, 11) is 0. The molecule has 0 aliphatic carbocycles. The van der Waals surface area contributed by atoms with E-state index < -0.39 is 35.8 Å². The molecule has 2 aliphatic rings. The van der Waals surface area contributed by atoms with Crippen LogP contribution in [0.15, 0.2) is 48.7 Å². The molecule has 10 nitrogen and oxygen atoms in total. The smallest absolute Gasteiger partial charge is 0.418 e. The number of nitrogens with zero attached hydrogens (tertiary/aromatic N) is 5.